The maximum Gasteiger partial charge on any atom is 0.0726 e. The number of nitrogens with zero attached hydrogens (tertiary/aromatic N) is 1. The molecule has 0 bridgehead atoms. The summed E-state index contributed by atoms with van der Waals surface area (Å²) in [5.74, 6) is 0. The Balaban J connectivity index is 2.65. The Bertz CT molecular complexity index is 564. The zero-order valence-electron chi connectivity index (χ0n) is 11.5. The quantitative estimate of drug-likeness (QED) is 0.894. The van der Waals surface area contributed by atoms with Crippen LogP contribution in [0.25, 0.3) is 10.9 Å². The molecule has 96 valence electrons. The number of anilines is 1. The molecule has 0 atom stereocenters. The summed E-state index contributed by atoms with van der Waals surface area (Å²) >= 11 is 0. The van der Waals surface area contributed by atoms with Crippen LogP contribution in [0.4, 0.5) is 5.69 Å². The van der Waals surface area contributed by atoms with Gasteiger partial charge in [0.25, 0.3) is 0 Å². The lowest BCUT2D eigenvalue weighted by Gasteiger charge is -2.14. The molecule has 1 aromatic carbocycles. The highest BCUT2D eigenvalue weighted by atomic mass is 16.5. The number of methoxy groups -OCH3 is 1. The minimum Gasteiger partial charge on any atom is -0.385 e. The van der Waals surface area contributed by atoms with Crippen LogP contribution < -0.4 is 5.32 Å². The van der Waals surface area contributed by atoms with E-state index in [1.807, 2.05) is 0 Å². The third-order valence-corrected chi connectivity index (χ3v) is 3.20. The fraction of sp³-hybridized carbons (Fsp3) is 0.400. The fourth-order valence-corrected chi connectivity index (χ4v) is 2.19. The second kappa shape index (κ2) is 5.36. The maximum atomic E-state index is 5.19. The Morgan fingerprint density at radius 3 is 2.72 bits per heavy atom. The van der Waals surface area contributed by atoms with Crippen LogP contribution in [0.2, 0.25) is 0 Å². The smallest absolute Gasteiger partial charge is 0.0726 e. The van der Waals surface area contributed by atoms with E-state index in [4.69, 9.17) is 4.74 Å². The van der Waals surface area contributed by atoms with Crippen molar-refractivity contribution in [2.75, 3.05) is 19.0 Å². The first-order valence-electron chi connectivity index (χ1n) is 6.30. The summed E-state index contributed by atoms with van der Waals surface area (Å²) in [6, 6.07) is 6.30. The zero-order valence-corrected chi connectivity index (χ0v) is 11.5. The summed E-state index contributed by atoms with van der Waals surface area (Å²) in [4.78, 5) is 4.64. The van der Waals surface area contributed by atoms with Crippen LogP contribution in [0.1, 0.15) is 23.7 Å². The van der Waals surface area contributed by atoms with Crippen LogP contribution >= 0.6 is 0 Å². The van der Waals surface area contributed by atoms with Gasteiger partial charge < -0.3 is 10.1 Å². The second-order valence-corrected chi connectivity index (χ2v) is 4.51. The molecule has 0 amide bonds. The first kappa shape index (κ1) is 12.8. The SMILES string of the molecule is CCNc1c(C)c(C)nc2ccc(COC)cc12. The summed E-state index contributed by atoms with van der Waals surface area (Å²) in [5, 5.41) is 4.62. The van der Waals surface area contributed by atoms with E-state index in [9.17, 15) is 0 Å². The number of hydrogen-bond donors (Lipinski definition) is 1. The van der Waals surface area contributed by atoms with Gasteiger partial charge in [-0.05, 0) is 44.0 Å². The lowest BCUT2D eigenvalue weighted by molar-refractivity contribution is 0.185. The van der Waals surface area contributed by atoms with E-state index in [2.05, 4.69) is 49.3 Å². The summed E-state index contributed by atoms with van der Waals surface area (Å²) in [7, 11) is 1.72. The second-order valence-electron chi connectivity index (χ2n) is 4.51. The number of ether oxygens (including phenoxy) is 1. The van der Waals surface area contributed by atoms with Crippen molar-refractivity contribution in [3.05, 3.63) is 35.0 Å². The highest BCUT2D eigenvalue weighted by Crippen LogP contribution is 2.28. The van der Waals surface area contributed by atoms with Crippen LogP contribution in [0, 0.1) is 13.8 Å². The first-order chi connectivity index (χ1) is 8.67. The third kappa shape index (κ3) is 2.31. The first-order valence-corrected chi connectivity index (χ1v) is 6.30. The highest BCUT2D eigenvalue weighted by Gasteiger charge is 2.09. The molecule has 1 N–H and O–H groups in total. The molecule has 18 heavy (non-hydrogen) atoms. The average Bonchev–Trinajstić information content (AvgIpc) is 2.36. The molecule has 3 heteroatoms. The molecular weight excluding hydrogens is 224 g/mol. The van der Waals surface area contributed by atoms with Gasteiger partial charge in [0.1, 0.15) is 0 Å². The Morgan fingerprint density at radius 1 is 1.28 bits per heavy atom. The van der Waals surface area contributed by atoms with Gasteiger partial charge in [0.15, 0.2) is 0 Å². The molecule has 2 rings (SSSR count). The predicted molar refractivity (Wildman–Crippen MR) is 76.1 cm³/mol. The van der Waals surface area contributed by atoms with Gasteiger partial charge in [-0.25, -0.2) is 0 Å². The topological polar surface area (TPSA) is 34.2 Å². The van der Waals surface area contributed by atoms with Gasteiger partial charge in [-0.2, -0.15) is 0 Å². The molecule has 0 unspecified atom stereocenters. The van der Waals surface area contributed by atoms with E-state index in [0.29, 0.717) is 6.61 Å². The number of benzene rings is 1. The third-order valence-electron chi connectivity index (χ3n) is 3.20. The maximum absolute atomic E-state index is 5.19. The van der Waals surface area contributed by atoms with Gasteiger partial charge in [0.2, 0.25) is 0 Å². The van der Waals surface area contributed by atoms with Crippen molar-refractivity contribution in [3.63, 3.8) is 0 Å². The number of fused-ring (bicyclic) bond motifs is 1. The molecule has 0 spiro atoms. The predicted octanol–water partition coefficient (Wildman–Crippen LogP) is 3.43. The number of rotatable bonds is 4. The Hall–Kier alpha value is -1.61. The monoisotopic (exact) mass is 244 g/mol. The van der Waals surface area contributed by atoms with Crippen LogP contribution in [-0.4, -0.2) is 18.6 Å². The number of pyridine rings is 1. The molecule has 3 nitrogen and oxygen atoms in total. The minimum atomic E-state index is 0.633. The van der Waals surface area contributed by atoms with Gasteiger partial charge in [-0.1, -0.05) is 6.07 Å². The fourth-order valence-electron chi connectivity index (χ4n) is 2.19. The molecule has 0 fully saturated rings. The summed E-state index contributed by atoms with van der Waals surface area (Å²) in [6.07, 6.45) is 0. The standard InChI is InChI=1S/C15H20N2O/c1-5-16-15-10(2)11(3)17-14-7-6-12(9-18-4)8-13(14)15/h6-8H,5,9H2,1-4H3,(H,16,17). The number of nitrogens with one attached hydrogen (secondary N) is 1. The molecule has 0 aliphatic rings. The molecule has 0 radical (unpaired) electrons. The molecule has 0 aliphatic heterocycles. The minimum absolute atomic E-state index is 0.633. The summed E-state index contributed by atoms with van der Waals surface area (Å²) < 4.78 is 5.19. The molecule has 1 aromatic heterocycles. The van der Waals surface area contributed by atoms with E-state index in [1.165, 1.54) is 22.2 Å². The van der Waals surface area contributed by atoms with Crippen molar-refractivity contribution in [3.8, 4) is 0 Å². The van der Waals surface area contributed by atoms with Gasteiger partial charge in [0, 0.05) is 30.4 Å². The molecule has 0 aliphatic carbocycles. The van der Waals surface area contributed by atoms with Crippen molar-refractivity contribution in [2.24, 2.45) is 0 Å². The molecule has 0 saturated heterocycles. The highest BCUT2D eigenvalue weighted by molar-refractivity contribution is 5.93. The van der Waals surface area contributed by atoms with Crippen molar-refractivity contribution >= 4 is 16.6 Å². The average molecular weight is 244 g/mol. The zero-order chi connectivity index (χ0) is 13.1. The van der Waals surface area contributed by atoms with Gasteiger partial charge >= 0.3 is 0 Å². The van der Waals surface area contributed by atoms with Crippen molar-refractivity contribution < 1.29 is 4.74 Å². The lowest BCUT2D eigenvalue weighted by Crippen LogP contribution is -2.03. The lowest BCUT2D eigenvalue weighted by atomic mass is 10.0. The van der Waals surface area contributed by atoms with Gasteiger partial charge in [0.05, 0.1) is 12.1 Å². The normalized spacial score (nSPS) is 10.9. The van der Waals surface area contributed by atoms with Gasteiger partial charge in [-0.15, -0.1) is 0 Å². The van der Waals surface area contributed by atoms with Crippen molar-refractivity contribution in [1.82, 2.24) is 4.98 Å². The Labute approximate surface area is 108 Å². The molecule has 0 saturated carbocycles. The van der Waals surface area contributed by atoms with Crippen molar-refractivity contribution in [2.45, 2.75) is 27.4 Å². The van der Waals surface area contributed by atoms with E-state index in [1.54, 1.807) is 7.11 Å². The summed E-state index contributed by atoms with van der Waals surface area (Å²) in [6.45, 7) is 7.82. The molecular formula is C15H20N2O. The Morgan fingerprint density at radius 2 is 2.06 bits per heavy atom. The van der Waals surface area contributed by atoms with Crippen LogP contribution in [0.3, 0.4) is 0 Å². The number of hydrogen-bond acceptors (Lipinski definition) is 3. The number of aryl methyl sites for hydroxylation is 1. The van der Waals surface area contributed by atoms with E-state index >= 15 is 0 Å². The largest absolute Gasteiger partial charge is 0.385 e. The summed E-state index contributed by atoms with van der Waals surface area (Å²) in [5.41, 5.74) is 5.71. The molecule has 1 heterocycles. The number of aromatic nitrogens is 1. The molecule has 2 aromatic rings. The van der Waals surface area contributed by atoms with Crippen molar-refractivity contribution in [1.29, 1.82) is 0 Å². The van der Waals surface area contributed by atoms with Crippen LogP contribution in [0.5, 0.6) is 0 Å². The van der Waals surface area contributed by atoms with Crippen LogP contribution in [-0.2, 0) is 11.3 Å². The van der Waals surface area contributed by atoms with E-state index in [-0.39, 0.29) is 0 Å². The van der Waals surface area contributed by atoms with E-state index in [0.717, 1.165) is 17.8 Å². The van der Waals surface area contributed by atoms with Crippen LogP contribution in [0.15, 0.2) is 18.2 Å². The Kier molecular flexibility index (Phi) is 3.82. The van der Waals surface area contributed by atoms with E-state index < -0.39 is 0 Å². The van der Waals surface area contributed by atoms with Gasteiger partial charge in [-0.3, -0.25) is 4.98 Å².